The third kappa shape index (κ3) is 2.75. The van der Waals surface area contributed by atoms with Crippen LogP contribution in [0.3, 0.4) is 0 Å². The molecule has 18 heavy (non-hydrogen) atoms. The maximum absolute atomic E-state index is 12.0. The number of oxazole rings is 1. The molecule has 5 nitrogen and oxygen atoms in total. The average molecular weight is 245 g/mol. The minimum atomic E-state index is -0.203. The zero-order valence-corrected chi connectivity index (χ0v) is 10.2. The first-order valence-corrected chi connectivity index (χ1v) is 5.65. The summed E-state index contributed by atoms with van der Waals surface area (Å²) in [7, 11) is 1.72. The van der Waals surface area contributed by atoms with Crippen LogP contribution < -0.4 is 5.73 Å². The van der Waals surface area contributed by atoms with E-state index >= 15 is 0 Å². The van der Waals surface area contributed by atoms with Gasteiger partial charge in [-0.05, 0) is 5.56 Å². The predicted molar refractivity (Wildman–Crippen MR) is 66.6 cm³/mol. The van der Waals surface area contributed by atoms with Gasteiger partial charge in [-0.2, -0.15) is 0 Å². The Hall–Kier alpha value is -2.14. The topological polar surface area (TPSA) is 72.4 Å². The monoisotopic (exact) mass is 245 g/mol. The Morgan fingerprint density at radius 2 is 2.11 bits per heavy atom. The zero-order valence-electron chi connectivity index (χ0n) is 10.2. The molecule has 94 valence electrons. The van der Waals surface area contributed by atoms with E-state index in [-0.39, 0.29) is 18.2 Å². The van der Waals surface area contributed by atoms with E-state index in [2.05, 4.69) is 4.98 Å². The van der Waals surface area contributed by atoms with Crippen LogP contribution in [0.5, 0.6) is 0 Å². The van der Waals surface area contributed by atoms with Crippen LogP contribution in [0.25, 0.3) is 0 Å². The molecule has 0 aliphatic carbocycles. The van der Waals surface area contributed by atoms with Crippen LogP contribution in [0, 0.1) is 0 Å². The van der Waals surface area contributed by atoms with Crippen molar-refractivity contribution in [3.8, 4) is 0 Å². The SMILES string of the molecule is CN(Cc1ccccc1)C(=O)c1cnc(CN)o1. The summed E-state index contributed by atoms with van der Waals surface area (Å²) in [6.07, 6.45) is 1.41. The van der Waals surface area contributed by atoms with Crippen LogP contribution in [0.4, 0.5) is 0 Å². The molecular formula is C13H15N3O2. The molecule has 2 N–H and O–H groups in total. The van der Waals surface area contributed by atoms with Crippen LogP contribution in [0.1, 0.15) is 22.0 Å². The second-order valence-corrected chi connectivity index (χ2v) is 3.97. The smallest absolute Gasteiger partial charge is 0.291 e. The number of hydrogen-bond donors (Lipinski definition) is 1. The molecule has 2 aromatic rings. The molecule has 0 aliphatic heterocycles. The second-order valence-electron chi connectivity index (χ2n) is 3.97. The van der Waals surface area contributed by atoms with Gasteiger partial charge in [-0.25, -0.2) is 4.98 Å². The second kappa shape index (κ2) is 5.46. The van der Waals surface area contributed by atoms with E-state index in [1.165, 1.54) is 6.20 Å². The Bertz CT molecular complexity index is 522. The van der Waals surface area contributed by atoms with E-state index in [1.807, 2.05) is 30.3 Å². The van der Waals surface area contributed by atoms with Gasteiger partial charge in [0.25, 0.3) is 5.91 Å². The number of hydrogen-bond acceptors (Lipinski definition) is 4. The van der Waals surface area contributed by atoms with Gasteiger partial charge >= 0.3 is 0 Å². The lowest BCUT2D eigenvalue weighted by Crippen LogP contribution is -2.25. The van der Waals surface area contributed by atoms with Crippen molar-refractivity contribution in [2.75, 3.05) is 7.05 Å². The fourth-order valence-corrected chi connectivity index (χ4v) is 1.62. The summed E-state index contributed by atoms with van der Waals surface area (Å²) in [6.45, 7) is 0.716. The molecule has 0 atom stereocenters. The van der Waals surface area contributed by atoms with Crippen LogP contribution in [-0.4, -0.2) is 22.8 Å². The van der Waals surface area contributed by atoms with Gasteiger partial charge in [0.2, 0.25) is 11.7 Å². The van der Waals surface area contributed by atoms with E-state index in [0.29, 0.717) is 12.4 Å². The maximum Gasteiger partial charge on any atom is 0.291 e. The zero-order chi connectivity index (χ0) is 13.0. The largest absolute Gasteiger partial charge is 0.434 e. The van der Waals surface area contributed by atoms with Crippen molar-refractivity contribution in [1.82, 2.24) is 9.88 Å². The number of amides is 1. The number of rotatable bonds is 4. The Labute approximate surface area is 105 Å². The first kappa shape index (κ1) is 12.3. The molecule has 0 unspecified atom stereocenters. The van der Waals surface area contributed by atoms with E-state index in [4.69, 9.17) is 10.2 Å². The van der Waals surface area contributed by atoms with Gasteiger partial charge in [0, 0.05) is 13.6 Å². The summed E-state index contributed by atoms with van der Waals surface area (Å²) < 4.78 is 5.23. The standard InChI is InChI=1S/C13H15N3O2/c1-16(9-10-5-3-2-4-6-10)13(17)11-8-15-12(7-14)18-11/h2-6,8H,7,9,14H2,1H3. The van der Waals surface area contributed by atoms with Crippen molar-refractivity contribution < 1.29 is 9.21 Å². The van der Waals surface area contributed by atoms with Crippen LogP contribution in [0.2, 0.25) is 0 Å². The van der Waals surface area contributed by atoms with Gasteiger partial charge in [-0.1, -0.05) is 30.3 Å². The number of carbonyl (C=O) groups is 1. The first-order valence-electron chi connectivity index (χ1n) is 5.65. The number of benzene rings is 1. The first-order chi connectivity index (χ1) is 8.70. The Balaban J connectivity index is 2.05. The number of nitrogens with zero attached hydrogens (tertiary/aromatic N) is 2. The predicted octanol–water partition coefficient (Wildman–Crippen LogP) is 1.41. The molecule has 0 saturated heterocycles. The third-order valence-electron chi connectivity index (χ3n) is 2.55. The van der Waals surface area contributed by atoms with Gasteiger partial charge in [-0.15, -0.1) is 0 Å². The summed E-state index contributed by atoms with van der Waals surface area (Å²) in [5.41, 5.74) is 6.44. The molecule has 1 heterocycles. The summed E-state index contributed by atoms with van der Waals surface area (Å²) in [6, 6.07) is 9.75. The van der Waals surface area contributed by atoms with E-state index < -0.39 is 0 Å². The van der Waals surface area contributed by atoms with Gasteiger partial charge < -0.3 is 15.1 Å². The molecule has 0 spiro atoms. The van der Waals surface area contributed by atoms with Gasteiger partial charge in [0.1, 0.15) is 0 Å². The van der Waals surface area contributed by atoms with E-state index in [0.717, 1.165) is 5.56 Å². The molecule has 0 aliphatic rings. The molecule has 0 saturated carbocycles. The molecule has 1 aromatic carbocycles. The lowest BCUT2D eigenvalue weighted by molar-refractivity contribution is 0.0751. The minimum absolute atomic E-state index is 0.190. The molecule has 0 radical (unpaired) electrons. The van der Waals surface area contributed by atoms with Crippen molar-refractivity contribution in [3.05, 3.63) is 53.7 Å². The van der Waals surface area contributed by atoms with Crippen molar-refractivity contribution >= 4 is 5.91 Å². The van der Waals surface area contributed by atoms with Crippen molar-refractivity contribution in [1.29, 1.82) is 0 Å². The Morgan fingerprint density at radius 3 is 2.72 bits per heavy atom. The molecule has 0 bridgehead atoms. The fourth-order valence-electron chi connectivity index (χ4n) is 1.62. The van der Waals surface area contributed by atoms with Crippen molar-refractivity contribution in [2.45, 2.75) is 13.1 Å². The third-order valence-corrected chi connectivity index (χ3v) is 2.55. The highest BCUT2D eigenvalue weighted by atomic mass is 16.4. The molecule has 5 heteroatoms. The van der Waals surface area contributed by atoms with Crippen LogP contribution in [-0.2, 0) is 13.1 Å². The summed E-state index contributed by atoms with van der Waals surface area (Å²) in [5.74, 6) is 0.381. The average Bonchev–Trinajstić information content (AvgIpc) is 2.87. The number of aromatic nitrogens is 1. The van der Waals surface area contributed by atoms with Gasteiger partial charge in [-0.3, -0.25) is 4.79 Å². The lowest BCUT2D eigenvalue weighted by atomic mass is 10.2. The highest BCUT2D eigenvalue weighted by molar-refractivity contribution is 5.90. The molecule has 0 fully saturated rings. The van der Waals surface area contributed by atoms with Crippen LogP contribution >= 0.6 is 0 Å². The van der Waals surface area contributed by atoms with Crippen molar-refractivity contribution in [3.63, 3.8) is 0 Å². The molecule has 1 aromatic heterocycles. The van der Waals surface area contributed by atoms with Gasteiger partial charge in [0.05, 0.1) is 12.7 Å². The van der Waals surface area contributed by atoms with Crippen LogP contribution in [0.15, 0.2) is 40.9 Å². The number of carbonyl (C=O) groups excluding carboxylic acids is 1. The normalized spacial score (nSPS) is 10.3. The maximum atomic E-state index is 12.0. The Kier molecular flexibility index (Phi) is 3.74. The summed E-state index contributed by atoms with van der Waals surface area (Å²) in [5, 5.41) is 0. The van der Waals surface area contributed by atoms with Crippen molar-refractivity contribution in [2.24, 2.45) is 5.73 Å². The lowest BCUT2D eigenvalue weighted by Gasteiger charge is -2.15. The van der Waals surface area contributed by atoms with Gasteiger partial charge in [0.15, 0.2) is 0 Å². The molecule has 2 rings (SSSR count). The van der Waals surface area contributed by atoms with E-state index in [1.54, 1.807) is 11.9 Å². The molecule has 1 amide bonds. The summed E-state index contributed by atoms with van der Waals surface area (Å²) in [4.78, 5) is 17.5. The van der Waals surface area contributed by atoms with E-state index in [9.17, 15) is 4.79 Å². The highest BCUT2D eigenvalue weighted by Crippen LogP contribution is 2.09. The number of nitrogens with two attached hydrogens (primary N) is 1. The summed E-state index contributed by atoms with van der Waals surface area (Å²) >= 11 is 0. The fraction of sp³-hybridized carbons (Fsp3) is 0.231. The highest BCUT2D eigenvalue weighted by Gasteiger charge is 2.16. The minimum Gasteiger partial charge on any atom is -0.434 e. The quantitative estimate of drug-likeness (QED) is 0.883. The Morgan fingerprint density at radius 1 is 1.39 bits per heavy atom. The molecular weight excluding hydrogens is 230 g/mol.